The van der Waals surface area contributed by atoms with E-state index in [9.17, 15) is 9.90 Å². The Morgan fingerprint density at radius 2 is 1.71 bits per heavy atom. The number of pyridine rings is 1. The quantitative estimate of drug-likeness (QED) is 0.688. The van der Waals surface area contributed by atoms with Gasteiger partial charge in [0.15, 0.2) is 0 Å². The smallest absolute Gasteiger partial charge is 0.253 e. The van der Waals surface area contributed by atoms with Crippen molar-refractivity contribution in [2.75, 3.05) is 13.6 Å². The van der Waals surface area contributed by atoms with Gasteiger partial charge in [-0.25, -0.2) is 0 Å². The summed E-state index contributed by atoms with van der Waals surface area (Å²) < 4.78 is 0. The number of nitrogens with zero attached hydrogens (tertiary/aromatic N) is 2. The van der Waals surface area contributed by atoms with Gasteiger partial charge in [-0.2, -0.15) is 0 Å². The monoisotopic (exact) mass is 374 g/mol. The standard InChI is InChI=1S/C24H26N2O2/c1-17-15-18(2)25-22(16-17)19-9-11-21(12-10-19)24(28)26(3)14-13-23(27)20-7-5-4-6-8-20/h4-12,15-16,23,27H,13-14H2,1-3H3/t23-/m1/s1. The molecule has 4 heteroatoms. The van der Waals surface area contributed by atoms with Crippen molar-refractivity contribution in [1.29, 1.82) is 0 Å². The van der Waals surface area contributed by atoms with Crippen LogP contribution in [0.5, 0.6) is 0 Å². The van der Waals surface area contributed by atoms with E-state index in [4.69, 9.17) is 0 Å². The summed E-state index contributed by atoms with van der Waals surface area (Å²) in [6.45, 7) is 4.51. The first-order valence-electron chi connectivity index (χ1n) is 9.48. The van der Waals surface area contributed by atoms with Crippen LogP contribution in [0.2, 0.25) is 0 Å². The maximum atomic E-state index is 12.7. The highest BCUT2D eigenvalue weighted by Gasteiger charge is 2.14. The van der Waals surface area contributed by atoms with E-state index in [0.717, 1.165) is 22.5 Å². The van der Waals surface area contributed by atoms with E-state index in [-0.39, 0.29) is 5.91 Å². The zero-order chi connectivity index (χ0) is 20.1. The second-order valence-electron chi connectivity index (χ2n) is 7.19. The topological polar surface area (TPSA) is 53.4 Å². The molecule has 0 aliphatic rings. The Morgan fingerprint density at radius 3 is 2.36 bits per heavy atom. The number of rotatable bonds is 6. The number of aryl methyl sites for hydroxylation is 2. The van der Waals surface area contributed by atoms with E-state index in [1.165, 1.54) is 5.56 Å². The molecule has 0 saturated heterocycles. The van der Waals surface area contributed by atoms with Gasteiger partial charge in [0.25, 0.3) is 5.91 Å². The molecule has 144 valence electrons. The molecule has 1 heterocycles. The summed E-state index contributed by atoms with van der Waals surface area (Å²) in [6.07, 6.45) is -0.0777. The number of carbonyl (C=O) groups excluding carboxylic acids is 1. The molecule has 28 heavy (non-hydrogen) atoms. The summed E-state index contributed by atoms with van der Waals surface area (Å²) in [6, 6.07) is 21.1. The molecule has 0 radical (unpaired) electrons. The van der Waals surface area contributed by atoms with Gasteiger partial charge in [-0.05, 0) is 55.7 Å². The van der Waals surface area contributed by atoms with Crippen molar-refractivity contribution in [1.82, 2.24) is 9.88 Å². The van der Waals surface area contributed by atoms with Gasteiger partial charge in [0.05, 0.1) is 11.8 Å². The second-order valence-corrected chi connectivity index (χ2v) is 7.19. The van der Waals surface area contributed by atoms with Crippen LogP contribution in [-0.4, -0.2) is 34.5 Å². The Kier molecular flexibility index (Phi) is 6.22. The van der Waals surface area contributed by atoms with Crippen LogP contribution in [0.4, 0.5) is 0 Å². The SMILES string of the molecule is Cc1cc(C)nc(-c2ccc(C(=O)N(C)CC[C@@H](O)c3ccccc3)cc2)c1. The first kappa shape index (κ1) is 19.8. The minimum Gasteiger partial charge on any atom is -0.388 e. The fraction of sp³-hybridized carbons (Fsp3) is 0.250. The minimum atomic E-state index is -0.575. The van der Waals surface area contributed by atoms with Crippen LogP contribution in [0.1, 0.15) is 39.7 Å². The minimum absolute atomic E-state index is 0.0554. The highest BCUT2D eigenvalue weighted by atomic mass is 16.3. The molecular formula is C24H26N2O2. The fourth-order valence-electron chi connectivity index (χ4n) is 3.25. The van der Waals surface area contributed by atoms with Crippen molar-refractivity contribution in [3.05, 3.63) is 89.1 Å². The lowest BCUT2D eigenvalue weighted by atomic mass is 10.0. The third-order valence-electron chi connectivity index (χ3n) is 4.79. The van der Waals surface area contributed by atoms with Gasteiger partial charge in [-0.15, -0.1) is 0 Å². The number of aliphatic hydroxyl groups is 1. The van der Waals surface area contributed by atoms with E-state index in [0.29, 0.717) is 18.5 Å². The Morgan fingerprint density at radius 1 is 1.04 bits per heavy atom. The van der Waals surface area contributed by atoms with Crippen LogP contribution in [0.15, 0.2) is 66.7 Å². The van der Waals surface area contributed by atoms with E-state index in [2.05, 4.69) is 11.9 Å². The summed E-state index contributed by atoms with van der Waals surface area (Å²) in [5.74, 6) is -0.0554. The van der Waals surface area contributed by atoms with Crippen molar-refractivity contribution in [3.8, 4) is 11.3 Å². The zero-order valence-corrected chi connectivity index (χ0v) is 16.6. The second kappa shape index (κ2) is 8.81. The number of hydrogen-bond donors (Lipinski definition) is 1. The van der Waals surface area contributed by atoms with Gasteiger partial charge >= 0.3 is 0 Å². The molecule has 0 saturated carbocycles. The molecule has 4 nitrogen and oxygen atoms in total. The maximum absolute atomic E-state index is 12.7. The van der Waals surface area contributed by atoms with Crippen LogP contribution in [0, 0.1) is 13.8 Å². The summed E-state index contributed by atoms with van der Waals surface area (Å²) in [5.41, 5.74) is 5.55. The number of benzene rings is 2. The zero-order valence-electron chi connectivity index (χ0n) is 16.6. The van der Waals surface area contributed by atoms with Crippen LogP contribution in [0.3, 0.4) is 0 Å². The molecule has 0 aliphatic carbocycles. The Hall–Kier alpha value is -2.98. The molecule has 0 fully saturated rings. The average Bonchev–Trinajstić information content (AvgIpc) is 2.71. The van der Waals surface area contributed by atoms with Gasteiger partial charge in [0.2, 0.25) is 0 Å². The number of amides is 1. The summed E-state index contributed by atoms with van der Waals surface area (Å²) in [7, 11) is 1.76. The summed E-state index contributed by atoms with van der Waals surface area (Å²) in [4.78, 5) is 18.9. The molecule has 0 aliphatic heterocycles. The first-order valence-corrected chi connectivity index (χ1v) is 9.48. The fourth-order valence-corrected chi connectivity index (χ4v) is 3.25. The largest absolute Gasteiger partial charge is 0.388 e. The molecule has 2 aromatic carbocycles. The van der Waals surface area contributed by atoms with Gasteiger partial charge < -0.3 is 10.0 Å². The van der Waals surface area contributed by atoms with Crippen LogP contribution >= 0.6 is 0 Å². The molecule has 0 unspecified atom stereocenters. The predicted octanol–water partition coefficient (Wildman–Crippen LogP) is 4.56. The Bertz CT molecular complexity index is 916. The maximum Gasteiger partial charge on any atom is 0.253 e. The summed E-state index contributed by atoms with van der Waals surface area (Å²) in [5, 5.41) is 10.3. The van der Waals surface area contributed by atoms with E-state index in [1.807, 2.05) is 73.7 Å². The van der Waals surface area contributed by atoms with Crippen molar-refractivity contribution in [2.45, 2.75) is 26.4 Å². The van der Waals surface area contributed by atoms with E-state index in [1.54, 1.807) is 11.9 Å². The third kappa shape index (κ3) is 4.84. The van der Waals surface area contributed by atoms with Crippen molar-refractivity contribution >= 4 is 5.91 Å². The molecule has 0 spiro atoms. The lowest BCUT2D eigenvalue weighted by Gasteiger charge is -2.19. The van der Waals surface area contributed by atoms with Gasteiger partial charge in [-0.3, -0.25) is 9.78 Å². The number of aromatic nitrogens is 1. The molecule has 0 bridgehead atoms. The molecule has 1 atom stereocenters. The molecular weight excluding hydrogens is 348 g/mol. The Balaban J connectivity index is 1.63. The molecule has 1 aromatic heterocycles. The highest BCUT2D eigenvalue weighted by molar-refractivity contribution is 5.94. The summed E-state index contributed by atoms with van der Waals surface area (Å²) >= 11 is 0. The van der Waals surface area contributed by atoms with E-state index >= 15 is 0 Å². The predicted molar refractivity (Wildman–Crippen MR) is 112 cm³/mol. The van der Waals surface area contributed by atoms with Crippen LogP contribution < -0.4 is 0 Å². The van der Waals surface area contributed by atoms with Gasteiger partial charge in [0, 0.05) is 30.4 Å². The number of hydrogen-bond acceptors (Lipinski definition) is 3. The van der Waals surface area contributed by atoms with Crippen LogP contribution in [-0.2, 0) is 0 Å². The average molecular weight is 374 g/mol. The number of aliphatic hydroxyl groups excluding tert-OH is 1. The van der Waals surface area contributed by atoms with Gasteiger partial charge in [0.1, 0.15) is 0 Å². The van der Waals surface area contributed by atoms with Gasteiger partial charge in [-0.1, -0.05) is 42.5 Å². The van der Waals surface area contributed by atoms with Crippen molar-refractivity contribution in [2.24, 2.45) is 0 Å². The third-order valence-corrected chi connectivity index (χ3v) is 4.79. The normalized spacial score (nSPS) is 11.9. The van der Waals surface area contributed by atoms with Crippen molar-refractivity contribution < 1.29 is 9.90 Å². The number of carbonyl (C=O) groups is 1. The first-order chi connectivity index (χ1) is 13.4. The molecule has 1 amide bonds. The molecule has 3 rings (SSSR count). The van der Waals surface area contributed by atoms with Crippen LogP contribution in [0.25, 0.3) is 11.3 Å². The highest BCUT2D eigenvalue weighted by Crippen LogP contribution is 2.21. The lowest BCUT2D eigenvalue weighted by Crippen LogP contribution is -2.28. The van der Waals surface area contributed by atoms with Crippen molar-refractivity contribution in [3.63, 3.8) is 0 Å². The molecule has 1 N–H and O–H groups in total. The lowest BCUT2D eigenvalue weighted by molar-refractivity contribution is 0.0761. The molecule has 3 aromatic rings. The Labute approximate surface area is 166 Å². The van der Waals surface area contributed by atoms with E-state index < -0.39 is 6.10 Å².